The number of imidazole rings is 1. The van der Waals surface area contributed by atoms with E-state index in [4.69, 9.17) is 18.9 Å². The van der Waals surface area contributed by atoms with Crippen molar-refractivity contribution in [1.82, 2.24) is 19.5 Å². The maximum atomic E-state index is 11.7. The van der Waals surface area contributed by atoms with Crippen LogP contribution in [0.2, 0.25) is 0 Å². The number of carbonyl (C=O) groups excluding carboxylic acids is 3. The molecule has 2 aromatic rings. The molecule has 1 saturated heterocycles. The molecule has 12 heteroatoms. The number of ether oxygens (including phenoxy) is 4. The van der Waals surface area contributed by atoms with Crippen molar-refractivity contribution in [3.8, 4) is 0 Å². The van der Waals surface area contributed by atoms with Gasteiger partial charge in [0, 0.05) is 20.8 Å². The lowest BCUT2D eigenvalue weighted by atomic mass is 10.1. The lowest BCUT2D eigenvalue weighted by Crippen LogP contribution is -2.40. The summed E-state index contributed by atoms with van der Waals surface area (Å²) in [6.45, 7) is 3.51. The third kappa shape index (κ3) is 4.12. The highest BCUT2D eigenvalue weighted by Gasteiger charge is 2.51. The number of hydrogen-bond acceptors (Lipinski definition) is 10. The summed E-state index contributed by atoms with van der Waals surface area (Å²) in [5.41, 5.74) is 0.888. The molecule has 0 spiro atoms. The summed E-state index contributed by atoms with van der Waals surface area (Å²) >= 11 is 3.29. The number of nitrogens with zero attached hydrogens (tertiary/aromatic N) is 4. The number of fused-ring (bicyclic) bond motifs is 1. The molecular weight excluding hydrogens is 440 g/mol. The van der Waals surface area contributed by atoms with Crippen molar-refractivity contribution in [3.63, 3.8) is 0 Å². The van der Waals surface area contributed by atoms with Crippen molar-refractivity contribution >= 4 is 45.0 Å². The Morgan fingerprint density at radius 3 is 2.39 bits per heavy atom. The van der Waals surface area contributed by atoms with Crippen LogP contribution in [-0.4, -0.2) is 62.3 Å². The number of rotatable bonds is 5. The van der Waals surface area contributed by atoms with Crippen LogP contribution in [0.1, 0.15) is 27.0 Å². The highest BCUT2D eigenvalue weighted by molar-refractivity contribution is 9.10. The van der Waals surface area contributed by atoms with Crippen molar-refractivity contribution in [2.24, 2.45) is 0 Å². The molecule has 28 heavy (non-hydrogen) atoms. The van der Waals surface area contributed by atoms with Crippen LogP contribution in [0, 0.1) is 0 Å². The maximum Gasteiger partial charge on any atom is 0.303 e. The third-order valence-corrected chi connectivity index (χ3v) is 4.51. The van der Waals surface area contributed by atoms with Crippen LogP contribution >= 0.6 is 15.9 Å². The number of carbonyl (C=O) groups is 3. The summed E-state index contributed by atoms with van der Waals surface area (Å²) in [4.78, 5) is 46.9. The van der Waals surface area contributed by atoms with Crippen molar-refractivity contribution in [2.75, 3.05) is 6.61 Å². The monoisotopic (exact) mass is 456 g/mol. The zero-order valence-corrected chi connectivity index (χ0v) is 16.8. The second kappa shape index (κ2) is 8.19. The predicted octanol–water partition coefficient (Wildman–Crippen LogP) is 0.913. The van der Waals surface area contributed by atoms with E-state index in [2.05, 4.69) is 30.9 Å². The summed E-state index contributed by atoms with van der Waals surface area (Å²) in [7, 11) is 0. The summed E-state index contributed by atoms with van der Waals surface area (Å²) in [5, 5.41) is 0. The standard InChI is InChI=1S/C16H17BrN4O7/c1-7(22)25-4-10-12(26-8(2)23)13(27-9(3)24)16(28-10)21-6-20-11-14(17)18-5-19-15(11)21/h5-6,10,12-13,16H,4H2,1-3H3. The molecule has 4 atom stereocenters. The minimum atomic E-state index is -1.01. The maximum absolute atomic E-state index is 11.7. The minimum Gasteiger partial charge on any atom is -0.463 e. The first-order valence-electron chi connectivity index (χ1n) is 8.24. The largest absolute Gasteiger partial charge is 0.463 e. The molecule has 0 aromatic carbocycles. The van der Waals surface area contributed by atoms with E-state index in [-0.39, 0.29) is 6.61 Å². The molecule has 0 aliphatic carbocycles. The van der Waals surface area contributed by atoms with Gasteiger partial charge in [-0.2, -0.15) is 0 Å². The molecule has 4 unspecified atom stereocenters. The zero-order valence-electron chi connectivity index (χ0n) is 15.2. The minimum absolute atomic E-state index is 0.188. The average Bonchev–Trinajstić information content (AvgIpc) is 3.16. The fourth-order valence-electron chi connectivity index (χ4n) is 2.93. The van der Waals surface area contributed by atoms with Crippen LogP contribution in [0.4, 0.5) is 0 Å². The molecule has 150 valence electrons. The quantitative estimate of drug-likeness (QED) is 0.363. The summed E-state index contributed by atoms with van der Waals surface area (Å²) < 4.78 is 23.7. The molecule has 0 saturated carbocycles. The Morgan fingerprint density at radius 2 is 1.75 bits per heavy atom. The van der Waals surface area contributed by atoms with E-state index in [9.17, 15) is 14.4 Å². The van der Waals surface area contributed by atoms with Gasteiger partial charge in [-0.05, 0) is 15.9 Å². The number of halogens is 1. The van der Waals surface area contributed by atoms with E-state index in [1.807, 2.05) is 0 Å². The van der Waals surface area contributed by atoms with Crippen molar-refractivity contribution in [2.45, 2.75) is 45.3 Å². The highest BCUT2D eigenvalue weighted by Crippen LogP contribution is 2.36. The molecule has 1 aliphatic rings. The molecule has 3 heterocycles. The first kappa shape index (κ1) is 20.1. The molecule has 11 nitrogen and oxygen atoms in total. The van der Waals surface area contributed by atoms with Crippen molar-refractivity contribution < 1.29 is 33.3 Å². The topological polar surface area (TPSA) is 132 Å². The van der Waals surface area contributed by atoms with Gasteiger partial charge in [0.2, 0.25) is 0 Å². The van der Waals surface area contributed by atoms with Gasteiger partial charge in [-0.25, -0.2) is 15.0 Å². The molecule has 0 amide bonds. The van der Waals surface area contributed by atoms with Crippen LogP contribution in [-0.2, 0) is 33.3 Å². The Kier molecular flexibility index (Phi) is 5.89. The Labute approximate surface area is 167 Å². The zero-order chi connectivity index (χ0) is 20.4. The summed E-state index contributed by atoms with van der Waals surface area (Å²) in [6.07, 6.45) is -0.989. The third-order valence-electron chi connectivity index (χ3n) is 3.93. The Balaban J connectivity index is 2.01. The fraction of sp³-hybridized carbons (Fsp3) is 0.500. The fourth-order valence-corrected chi connectivity index (χ4v) is 3.30. The first-order valence-corrected chi connectivity index (χ1v) is 9.03. The Hall–Kier alpha value is -2.60. The van der Waals surface area contributed by atoms with E-state index in [1.165, 1.54) is 33.4 Å². The molecule has 2 aromatic heterocycles. The van der Waals surface area contributed by atoms with Gasteiger partial charge in [-0.15, -0.1) is 0 Å². The van der Waals surface area contributed by atoms with E-state index in [0.29, 0.717) is 15.8 Å². The van der Waals surface area contributed by atoms with Crippen LogP contribution in [0.15, 0.2) is 17.3 Å². The Morgan fingerprint density at radius 1 is 1.07 bits per heavy atom. The van der Waals surface area contributed by atoms with Crippen LogP contribution < -0.4 is 0 Å². The van der Waals surface area contributed by atoms with Gasteiger partial charge in [0.05, 0.1) is 6.33 Å². The number of aromatic nitrogens is 4. The molecule has 3 rings (SSSR count). The lowest BCUT2D eigenvalue weighted by Gasteiger charge is -2.23. The van der Waals surface area contributed by atoms with Gasteiger partial charge in [0.25, 0.3) is 0 Å². The lowest BCUT2D eigenvalue weighted by molar-refractivity contribution is -0.166. The molecule has 0 N–H and O–H groups in total. The highest BCUT2D eigenvalue weighted by atomic mass is 79.9. The van der Waals surface area contributed by atoms with Crippen LogP contribution in [0.25, 0.3) is 11.2 Å². The van der Waals surface area contributed by atoms with E-state index >= 15 is 0 Å². The molecule has 1 fully saturated rings. The van der Waals surface area contributed by atoms with Crippen molar-refractivity contribution in [3.05, 3.63) is 17.3 Å². The Bertz CT molecular complexity index is 918. The van der Waals surface area contributed by atoms with Gasteiger partial charge in [0.1, 0.15) is 29.2 Å². The van der Waals surface area contributed by atoms with Crippen LogP contribution in [0.3, 0.4) is 0 Å². The average molecular weight is 457 g/mol. The predicted molar refractivity (Wildman–Crippen MR) is 94.7 cm³/mol. The van der Waals surface area contributed by atoms with Gasteiger partial charge in [-0.1, -0.05) is 0 Å². The number of hydrogen-bond donors (Lipinski definition) is 0. The van der Waals surface area contributed by atoms with Gasteiger partial charge in [-0.3, -0.25) is 19.0 Å². The number of esters is 3. The molecule has 1 aliphatic heterocycles. The van der Waals surface area contributed by atoms with E-state index < -0.39 is 42.4 Å². The van der Waals surface area contributed by atoms with E-state index in [1.54, 1.807) is 4.57 Å². The second-order valence-corrected chi connectivity index (χ2v) is 6.76. The normalized spacial score (nSPS) is 24.1. The second-order valence-electron chi connectivity index (χ2n) is 6.00. The van der Waals surface area contributed by atoms with Gasteiger partial charge in [0.15, 0.2) is 24.1 Å². The summed E-state index contributed by atoms with van der Waals surface area (Å²) in [5.74, 6) is -1.72. The molecule has 0 radical (unpaired) electrons. The van der Waals surface area contributed by atoms with Gasteiger partial charge < -0.3 is 18.9 Å². The van der Waals surface area contributed by atoms with Crippen LogP contribution in [0.5, 0.6) is 0 Å². The summed E-state index contributed by atoms with van der Waals surface area (Å²) in [6, 6.07) is 0. The SMILES string of the molecule is CC(=O)OCC1OC(n2cnc3c(Br)ncnc32)C(OC(C)=O)C1OC(C)=O. The first-order chi connectivity index (χ1) is 13.3. The smallest absolute Gasteiger partial charge is 0.303 e. The van der Waals surface area contributed by atoms with Gasteiger partial charge >= 0.3 is 17.9 Å². The molecule has 0 bridgehead atoms. The van der Waals surface area contributed by atoms with E-state index in [0.717, 1.165) is 0 Å². The molecular formula is C16H17BrN4O7. The van der Waals surface area contributed by atoms with Crippen molar-refractivity contribution in [1.29, 1.82) is 0 Å².